The molecule has 1 atom stereocenters. The van der Waals surface area contributed by atoms with Gasteiger partial charge in [-0.3, -0.25) is 9.69 Å². The second-order valence-electron chi connectivity index (χ2n) is 7.30. The molecule has 1 aromatic heterocycles. The van der Waals surface area contributed by atoms with Gasteiger partial charge >= 0.3 is 0 Å². The summed E-state index contributed by atoms with van der Waals surface area (Å²) in [5.74, 6) is 1.18. The number of likely N-dealkylation sites (tertiary alicyclic amines) is 1. The van der Waals surface area contributed by atoms with Gasteiger partial charge in [-0.25, -0.2) is 0 Å². The highest BCUT2D eigenvalue weighted by Gasteiger charge is 2.26. The molecular weight excluding hydrogens is 388 g/mol. The molecule has 1 saturated heterocycles. The molecule has 3 aromatic rings. The van der Waals surface area contributed by atoms with Crippen molar-refractivity contribution in [1.82, 2.24) is 20.4 Å². The molecule has 2 aromatic carbocycles. The number of carbonyl (C=O) groups is 1. The van der Waals surface area contributed by atoms with Gasteiger partial charge in [-0.1, -0.05) is 47.1 Å². The van der Waals surface area contributed by atoms with Gasteiger partial charge in [0.2, 0.25) is 17.6 Å². The van der Waals surface area contributed by atoms with Gasteiger partial charge in [-0.15, -0.1) is 0 Å². The number of nitrogens with one attached hydrogen (secondary N) is 1. The van der Waals surface area contributed by atoms with Gasteiger partial charge < -0.3 is 9.84 Å². The van der Waals surface area contributed by atoms with Crippen LogP contribution in [0, 0.1) is 5.92 Å². The normalized spacial score (nSPS) is 17.2. The van der Waals surface area contributed by atoms with E-state index in [9.17, 15) is 4.79 Å². The predicted molar refractivity (Wildman–Crippen MR) is 111 cm³/mol. The predicted octanol–water partition coefficient (Wildman–Crippen LogP) is 3.92. The molecule has 6 nitrogen and oxygen atoms in total. The van der Waals surface area contributed by atoms with Crippen LogP contribution in [-0.2, 0) is 17.9 Å². The third kappa shape index (κ3) is 5.22. The van der Waals surface area contributed by atoms with Gasteiger partial charge in [-0.05, 0) is 49.2 Å². The summed E-state index contributed by atoms with van der Waals surface area (Å²) in [4.78, 5) is 19.3. The fourth-order valence-corrected chi connectivity index (χ4v) is 3.70. The van der Waals surface area contributed by atoms with E-state index < -0.39 is 0 Å². The number of nitrogens with zero attached hydrogens (tertiary/aromatic N) is 3. The fourth-order valence-electron chi connectivity index (χ4n) is 3.57. The lowest BCUT2D eigenvalue weighted by Gasteiger charge is -2.30. The van der Waals surface area contributed by atoms with E-state index in [2.05, 4.69) is 20.4 Å². The summed E-state index contributed by atoms with van der Waals surface area (Å²) >= 11 is 5.93. The Morgan fingerprint density at radius 2 is 1.97 bits per heavy atom. The van der Waals surface area contributed by atoms with Crippen molar-refractivity contribution < 1.29 is 9.32 Å². The number of benzene rings is 2. The van der Waals surface area contributed by atoms with Crippen molar-refractivity contribution in [3.05, 3.63) is 71.1 Å². The number of rotatable bonds is 6. The topological polar surface area (TPSA) is 71.3 Å². The minimum atomic E-state index is -0.0221. The molecule has 150 valence electrons. The molecule has 1 N–H and O–H groups in total. The molecule has 0 saturated carbocycles. The molecule has 0 radical (unpaired) electrons. The smallest absolute Gasteiger partial charge is 0.241 e. The Kier molecular flexibility index (Phi) is 6.22. The highest BCUT2D eigenvalue weighted by Crippen LogP contribution is 2.21. The highest BCUT2D eigenvalue weighted by atomic mass is 35.5. The first-order valence-electron chi connectivity index (χ1n) is 9.80. The van der Waals surface area contributed by atoms with Gasteiger partial charge in [0.1, 0.15) is 0 Å². The van der Waals surface area contributed by atoms with Crippen molar-refractivity contribution in [2.24, 2.45) is 5.92 Å². The van der Waals surface area contributed by atoms with Crippen LogP contribution in [0.5, 0.6) is 0 Å². The van der Waals surface area contributed by atoms with Crippen molar-refractivity contribution in [2.45, 2.75) is 25.9 Å². The summed E-state index contributed by atoms with van der Waals surface area (Å²) in [5.41, 5.74) is 1.97. The second-order valence-corrected chi connectivity index (χ2v) is 7.73. The van der Waals surface area contributed by atoms with Crippen LogP contribution < -0.4 is 5.32 Å². The minimum absolute atomic E-state index is 0.0221. The Labute approximate surface area is 174 Å². The van der Waals surface area contributed by atoms with E-state index in [1.165, 1.54) is 0 Å². The molecule has 4 rings (SSSR count). The van der Waals surface area contributed by atoms with Crippen LogP contribution in [0.3, 0.4) is 0 Å². The quantitative estimate of drug-likeness (QED) is 0.666. The maximum absolute atomic E-state index is 12.6. The lowest BCUT2D eigenvalue weighted by atomic mass is 9.97. The van der Waals surface area contributed by atoms with Gasteiger partial charge in [-0.2, -0.15) is 4.98 Å². The molecule has 1 fully saturated rings. The Balaban J connectivity index is 1.32. The van der Waals surface area contributed by atoms with Gasteiger partial charge in [0, 0.05) is 23.7 Å². The number of amides is 1. The Morgan fingerprint density at radius 1 is 1.17 bits per heavy atom. The Bertz CT molecular complexity index is 943. The van der Waals surface area contributed by atoms with Crippen LogP contribution in [0.4, 0.5) is 0 Å². The molecule has 2 heterocycles. The number of aromatic nitrogens is 2. The van der Waals surface area contributed by atoms with Crippen molar-refractivity contribution in [3.8, 4) is 11.4 Å². The van der Waals surface area contributed by atoms with Crippen LogP contribution in [-0.4, -0.2) is 34.0 Å². The molecule has 0 bridgehead atoms. The maximum atomic E-state index is 12.6. The lowest BCUT2D eigenvalue weighted by molar-refractivity contribution is -0.127. The molecule has 1 aliphatic rings. The summed E-state index contributed by atoms with van der Waals surface area (Å²) < 4.78 is 5.42. The zero-order valence-corrected chi connectivity index (χ0v) is 16.8. The third-order valence-corrected chi connectivity index (χ3v) is 5.37. The Morgan fingerprint density at radius 3 is 2.76 bits per heavy atom. The van der Waals surface area contributed by atoms with Crippen molar-refractivity contribution in [2.75, 3.05) is 13.1 Å². The van der Waals surface area contributed by atoms with E-state index in [0.29, 0.717) is 36.4 Å². The monoisotopic (exact) mass is 410 g/mol. The van der Waals surface area contributed by atoms with Crippen LogP contribution in [0.25, 0.3) is 11.4 Å². The van der Waals surface area contributed by atoms with Crippen LogP contribution in [0.2, 0.25) is 5.02 Å². The molecule has 0 spiro atoms. The number of hydrogen-bond acceptors (Lipinski definition) is 5. The summed E-state index contributed by atoms with van der Waals surface area (Å²) in [7, 11) is 0. The van der Waals surface area contributed by atoms with Crippen LogP contribution in [0.1, 0.15) is 24.3 Å². The maximum Gasteiger partial charge on any atom is 0.241 e. The fraction of sp³-hybridized carbons (Fsp3) is 0.318. The average Bonchev–Trinajstić information content (AvgIpc) is 3.22. The molecule has 7 heteroatoms. The van der Waals surface area contributed by atoms with E-state index in [1.807, 2.05) is 42.5 Å². The summed E-state index contributed by atoms with van der Waals surface area (Å²) in [6, 6.07) is 17.3. The molecule has 29 heavy (non-hydrogen) atoms. The standard InChI is InChI=1S/C22H23ClN4O2/c23-19-10-8-17(9-11-19)21-25-20(29-26-21)15-27-12-4-7-18(14-27)22(28)24-13-16-5-2-1-3-6-16/h1-3,5-6,8-11,18H,4,7,12-15H2,(H,24,28). The largest absolute Gasteiger partial charge is 0.352 e. The van der Waals surface area contributed by atoms with Gasteiger partial charge in [0.25, 0.3) is 0 Å². The molecule has 1 aliphatic heterocycles. The first-order chi connectivity index (χ1) is 14.2. The van der Waals surface area contributed by atoms with Crippen molar-refractivity contribution >= 4 is 17.5 Å². The zero-order chi connectivity index (χ0) is 20.1. The average molecular weight is 411 g/mol. The summed E-state index contributed by atoms with van der Waals surface area (Å²) in [5, 5.41) is 7.79. The number of piperidine rings is 1. The first kappa shape index (κ1) is 19.6. The zero-order valence-electron chi connectivity index (χ0n) is 16.1. The first-order valence-corrected chi connectivity index (χ1v) is 10.2. The van der Waals surface area contributed by atoms with Gasteiger partial charge in [0.15, 0.2) is 0 Å². The van der Waals surface area contributed by atoms with Crippen LogP contribution >= 0.6 is 11.6 Å². The van der Waals surface area contributed by atoms with E-state index in [0.717, 1.165) is 30.5 Å². The number of hydrogen-bond donors (Lipinski definition) is 1. The van der Waals surface area contributed by atoms with E-state index in [4.69, 9.17) is 16.1 Å². The highest BCUT2D eigenvalue weighted by molar-refractivity contribution is 6.30. The molecule has 1 unspecified atom stereocenters. The SMILES string of the molecule is O=C(NCc1ccccc1)C1CCCN(Cc2nc(-c3ccc(Cl)cc3)no2)C1. The molecular formula is C22H23ClN4O2. The number of halogens is 1. The van der Waals surface area contributed by atoms with E-state index >= 15 is 0 Å². The molecule has 0 aliphatic carbocycles. The van der Waals surface area contributed by atoms with Gasteiger partial charge in [0.05, 0.1) is 12.5 Å². The van der Waals surface area contributed by atoms with E-state index in [-0.39, 0.29) is 11.8 Å². The number of carbonyl (C=O) groups excluding carboxylic acids is 1. The van der Waals surface area contributed by atoms with Crippen molar-refractivity contribution in [3.63, 3.8) is 0 Å². The van der Waals surface area contributed by atoms with Crippen molar-refractivity contribution in [1.29, 1.82) is 0 Å². The Hall–Kier alpha value is -2.70. The lowest BCUT2D eigenvalue weighted by Crippen LogP contribution is -2.42. The molecule has 1 amide bonds. The van der Waals surface area contributed by atoms with E-state index in [1.54, 1.807) is 12.1 Å². The van der Waals surface area contributed by atoms with Crippen LogP contribution in [0.15, 0.2) is 59.1 Å². The summed E-state index contributed by atoms with van der Waals surface area (Å²) in [6.45, 7) is 2.72. The minimum Gasteiger partial charge on any atom is -0.352 e. The second kappa shape index (κ2) is 9.20. The third-order valence-electron chi connectivity index (χ3n) is 5.12. The summed E-state index contributed by atoms with van der Waals surface area (Å²) in [6.07, 6.45) is 1.87.